The van der Waals surface area contributed by atoms with Gasteiger partial charge in [0, 0.05) is 5.56 Å². The lowest BCUT2D eigenvalue weighted by Crippen LogP contribution is -2.06. The van der Waals surface area contributed by atoms with Crippen LogP contribution in [0.1, 0.15) is 60.2 Å². The second-order valence-corrected chi connectivity index (χ2v) is 5.92. The number of benzene rings is 2. The Labute approximate surface area is 139 Å². The molecule has 23 heavy (non-hydrogen) atoms. The first-order valence-corrected chi connectivity index (χ1v) is 8.52. The zero-order valence-electron chi connectivity index (χ0n) is 14.4. The predicted octanol–water partition coefficient (Wildman–Crippen LogP) is 5.36. The lowest BCUT2D eigenvalue weighted by molar-refractivity contribution is 0.103. The van der Waals surface area contributed by atoms with Crippen molar-refractivity contribution < 1.29 is 9.53 Å². The molecule has 0 N–H and O–H groups in total. The van der Waals surface area contributed by atoms with E-state index >= 15 is 0 Å². The molecule has 0 aliphatic carbocycles. The summed E-state index contributed by atoms with van der Waals surface area (Å²) in [4.78, 5) is 12.8. The van der Waals surface area contributed by atoms with E-state index in [1.54, 1.807) is 0 Å². The SMILES string of the molecule is CCCCCc1ccc(C(=O)c2cc(C)ccc2OCC)cc1. The van der Waals surface area contributed by atoms with Crippen LogP contribution in [0.5, 0.6) is 5.75 Å². The molecule has 0 unspecified atom stereocenters. The molecule has 0 amide bonds. The Hall–Kier alpha value is -2.09. The topological polar surface area (TPSA) is 26.3 Å². The van der Waals surface area contributed by atoms with Crippen molar-refractivity contribution in [1.82, 2.24) is 0 Å². The summed E-state index contributed by atoms with van der Waals surface area (Å²) in [5.41, 5.74) is 3.72. The van der Waals surface area contributed by atoms with E-state index in [1.807, 2.05) is 44.2 Å². The third kappa shape index (κ3) is 4.69. The van der Waals surface area contributed by atoms with Crippen LogP contribution in [-0.4, -0.2) is 12.4 Å². The van der Waals surface area contributed by atoms with E-state index in [1.165, 1.54) is 24.8 Å². The Kier molecular flexibility index (Phi) is 6.40. The quantitative estimate of drug-likeness (QED) is 0.485. The second-order valence-electron chi connectivity index (χ2n) is 5.92. The van der Waals surface area contributed by atoms with E-state index in [0.717, 1.165) is 17.5 Å². The number of unbranched alkanes of at least 4 members (excludes halogenated alkanes) is 2. The lowest BCUT2D eigenvalue weighted by Gasteiger charge is -2.11. The third-order valence-corrected chi connectivity index (χ3v) is 3.96. The fourth-order valence-electron chi connectivity index (χ4n) is 2.66. The summed E-state index contributed by atoms with van der Waals surface area (Å²) < 4.78 is 5.60. The molecule has 0 aliphatic rings. The Morgan fingerprint density at radius 1 is 1.00 bits per heavy atom. The van der Waals surface area contributed by atoms with Gasteiger partial charge in [-0.2, -0.15) is 0 Å². The zero-order chi connectivity index (χ0) is 16.7. The summed E-state index contributed by atoms with van der Waals surface area (Å²) in [6.07, 6.45) is 4.76. The highest BCUT2D eigenvalue weighted by atomic mass is 16.5. The summed E-state index contributed by atoms with van der Waals surface area (Å²) in [5, 5.41) is 0. The maximum absolute atomic E-state index is 12.8. The fourth-order valence-corrected chi connectivity index (χ4v) is 2.66. The van der Waals surface area contributed by atoms with Crippen LogP contribution in [0.25, 0.3) is 0 Å². The number of aryl methyl sites for hydroxylation is 2. The standard InChI is InChI=1S/C21H26O2/c1-4-6-7-8-17-10-12-18(13-11-17)21(22)19-15-16(3)9-14-20(19)23-5-2/h9-15H,4-8H2,1-3H3. The van der Waals surface area contributed by atoms with Gasteiger partial charge in [0.15, 0.2) is 5.78 Å². The minimum absolute atomic E-state index is 0.0252. The van der Waals surface area contributed by atoms with Gasteiger partial charge in [0.2, 0.25) is 0 Å². The Balaban J connectivity index is 2.18. The van der Waals surface area contributed by atoms with Crippen molar-refractivity contribution in [2.24, 2.45) is 0 Å². The van der Waals surface area contributed by atoms with Crippen LogP contribution in [0.15, 0.2) is 42.5 Å². The second kappa shape index (κ2) is 8.52. The molecule has 2 aromatic carbocycles. The summed E-state index contributed by atoms with van der Waals surface area (Å²) in [5.74, 6) is 0.687. The van der Waals surface area contributed by atoms with Crippen LogP contribution in [0, 0.1) is 6.92 Å². The molecule has 0 saturated carbocycles. The molecule has 2 nitrogen and oxygen atoms in total. The maximum Gasteiger partial charge on any atom is 0.196 e. The summed E-state index contributed by atoms with van der Waals surface area (Å²) in [6.45, 7) is 6.68. The van der Waals surface area contributed by atoms with E-state index < -0.39 is 0 Å². The van der Waals surface area contributed by atoms with E-state index in [2.05, 4.69) is 19.1 Å². The van der Waals surface area contributed by atoms with E-state index in [0.29, 0.717) is 17.9 Å². The van der Waals surface area contributed by atoms with Crippen molar-refractivity contribution in [3.8, 4) is 5.75 Å². The van der Waals surface area contributed by atoms with Gasteiger partial charge in [-0.15, -0.1) is 0 Å². The molecule has 2 rings (SSSR count). The van der Waals surface area contributed by atoms with Crippen LogP contribution in [0.3, 0.4) is 0 Å². The van der Waals surface area contributed by atoms with Crippen molar-refractivity contribution in [1.29, 1.82) is 0 Å². The highest BCUT2D eigenvalue weighted by Crippen LogP contribution is 2.23. The first-order valence-electron chi connectivity index (χ1n) is 8.52. The monoisotopic (exact) mass is 310 g/mol. The Bertz CT molecular complexity index is 641. The van der Waals surface area contributed by atoms with Crippen molar-refractivity contribution in [3.63, 3.8) is 0 Å². The van der Waals surface area contributed by atoms with Crippen LogP contribution in [0.2, 0.25) is 0 Å². The molecule has 0 radical (unpaired) electrons. The average Bonchev–Trinajstić information content (AvgIpc) is 2.57. The minimum Gasteiger partial charge on any atom is -0.493 e. The van der Waals surface area contributed by atoms with Gasteiger partial charge in [-0.3, -0.25) is 4.79 Å². The van der Waals surface area contributed by atoms with Gasteiger partial charge >= 0.3 is 0 Å². The van der Waals surface area contributed by atoms with Crippen LogP contribution < -0.4 is 4.74 Å². The van der Waals surface area contributed by atoms with E-state index in [9.17, 15) is 4.79 Å². The van der Waals surface area contributed by atoms with Crippen LogP contribution in [-0.2, 0) is 6.42 Å². The fraction of sp³-hybridized carbons (Fsp3) is 0.381. The highest BCUT2D eigenvalue weighted by Gasteiger charge is 2.15. The normalized spacial score (nSPS) is 10.6. The zero-order valence-corrected chi connectivity index (χ0v) is 14.4. The third-order valence-electron chi connectivity index (χ3n) is 3.96. The number of rotatable bonds is 8. The number of carbonyl (C=O) groups excluding carboxylic acids is 1. The first kappa shape index (κ1) is 17.3. The summed E-state index contributed by atoms with van der Waals surface area (Å²) in [7, 11) is 0. The van der Waals surface area contributed by atoms with Gasteiger partial charge in [-0.1, -0.05) is 55.7 Å². The van der Waals surface area contributed by atoms with Gasteiger partial charge in [0.25, 0.3) is 0 Å². The number of hydrogen-bond acceptors (Lipinski definition) is 2. The van der Waals surface area contributed by atoms with Gasteiger partial charge in [-0.05, 0) is 44.4 Å². The summed E-state index contributed by atoms with van der Waals surface area (Å²) in [6, 6.07) is 13.8. The predicted molar refractivity (Wildman–Crippen MR) is 95.5 cm³/mol. The maximum atomic E-state index is 12.8. The molecule has 0 saturated heterocycles. The Morgan fingerprint density at radius 2 is 1.74 bits per heavy atom. The first-order chi connectivity index (χ1) is 11.2. The molecule has 0 bridgehead atoms. The van der Waals surface area contributed by atoms with Gasteiger partial charge in [0.1, 0.15) is 5.75 Å². The highest BCUT2D eigenvalue weighted by molar-refractivity contribution is 6.10. The molecular formula is C21H26O2. The molecule has 0 aliphatic heterocycles. The molecule has 2 aromatic rings. The van der Waals surface area contributed by atoms with Gasteiger partial charge in [0.05, 0.1) is 12.2 Å². The molecule has 2 heteroatoms. The molecule has 0 spiro atoms. The number of ketones is 1. The smallest absolute Gasteiger partial charge is 0.196 e. The van der Waals surface area contributed by atoms with Crippen molar-refractivity contribution in [2.45, 2.75) is 46.5 Å². The van der Waals surface area contributed by atoms with Gasteiger partial charge < -0.3 is 4.74 Å². The van der Waals surface area contributed by atoms with Crippen LogP contribution in [0.4, 0.5) is 0 Å². The lowest BCUT2D eigenvalue weighted by atomic mass is 9.98. The average molecular weight is 310 g/mol. The molecule has 0 fully saturated rings. The molecule has 0 aromatic heterocycles. The Morgan fingerprint density at radius 3 is 2.39 bits per heavy atom. The van der Waals surface area contributed by atoms with E-state index in [-0.39, 0.29) is 5.78 Å². The minimum atomic E-state index is 0.0252. The molecular weight excluding hydrogens is 284 g/mol. The largest absolute Gasteiger partial charge is 0.493 e. The number of hydrogen-bond donors (Lipinski definition) is 0. The molecule has 122 valence electrons. The summed E-state index contributed by atoms with van der Waals surface area (Å²) >= 11 is 0. The number of ether oxygens (including phenoxy) is 1. The molecule has 0 atom stereocenters. The molecule has 0 heterocycles. The van der Waals surface area contributed by atoms with Crippen molar-refractivity contribution in [2.75, 3.05) is 6.61 Å². The van der Waals surface area contributed by atoms with Gasteiger partial charge in [-0.25, -0.2) is 0 Å². The van der Waals surface area contributed by atoms with Crippen molar-refractivity contribution in [3.05, 3.63) is 64.7 Å². The number of carbonyl (C=O) groups is 1. The van der Waals surface area contributed by atoms with Crippen LogP contribution >= 0.6 is 0 Å². The van der Waals surface area contributed by atoms with Crippen molar-refractivity contribution >= 4 is 5.78 Å². The van der Waals surface area contributed by atoms with E-state index in [4.69, 9.17) is 4.74 Å².